The highest BCUT2D eigenvalue weighted by Crippen LogP contribution is 2.34. The molecule has 0 saturated carbocycles. The number of benzene rings is 2. The lowest BCUT2D eigenvalue weighted by Gasteiger charge is -2.19. The monoisotopic (exact) mass is 399 g/mol. The number of nitrogens with zero attached hydrogens (tertiary/aromatic N) is 2. The predicted octanol–water partition coefficient (Wildman–Crippen LogP) is 2.87. The van der Waals surface area contributed by atoms with Crippen LogP contribution < -0.4 is 15.1 Å². The first kappa shape index (κ1) is 19.0. The molecule has 0 radical (unpaired) electrons. The number of amides is 3. The molecule has 6 nitrogen and oxygen atoms in total. The second-order valence-electron chi connectivity index (χ2n) is 7.25. The van der Waals surface area contributed by atoms with Crippen molar-refractivity contribution in [3.63, 3.8) is 0 Å². The second-order valence-corrected chi connectivity index (χ2v) is 7.25. The van der Waals surface area contributed by atoms with Crippen LogP contribution in [0.25, 0.3) is 0 Å². The zero-order chi connectivity index (χ0) is 20.7. The van der Waals surface area contributed by atoms with E-state index in [1.54, 1.807) is 11.0 Å². The largest absolute Gasteiger partial charge is 0.323 e. The maximum atomic E-state index is 13.8. The fourth-order valence-corrected chi connectivity index (χ4v) is 3.84. The SMILES string of the molecule is CC(=O)N1CCc2cc(N3C[C@@H](C(=O)Nc4cc(F)ccc4F)CC3=O)ccc21. The van der Waals surface area contributed by atoms with Crippen molar-refractivity contribution in [1.29, 1.82) is 0 Å². The Labute approximate surface area is 166 Å². The van der Waals surface area contributed by atoms with Gasteiger partial charge in [-0.25, -0.2) is 8.78 Å². The molecule has 2 aliphatic rings. The normalized spacial score (nSPS) is 18.2. The fraction of sp³-hybridized carbons (Fsp3) is 0.286. The van der Waals surface area contributed by atoms with Crippen LogP contribution in [-0.4, -0.2) is 30.8 Å². The standard InChI is InChI=1S/C21H19F2N3O3/c1-12(27)25-7-6-13-8-16(3-5-19(13)25)26-11-14(9-20(26)28)21(29)24-18-10-15(22)2-4-17(18)23/h2-5,8,10,14H,6-7,9,11H2,1H3,(H,24,29)/t14-/m0/s1. The Bertz CT molecular complexity index is 1020. The van der Waals surface area contributed by atoms with Crippen molar-refractivity contribution >= 4 is 34.8 Å². The molecule has 0 aromatic heterocycles. The van der Waals surface area contributed by atoms with E-state index in [0.29, 0.717) is 18.7 Å². The van der Waals surface area contributed by atoms with Crippen LogP contribution in [0.5, 0.6) is 0 Å². The maximum Gasteiger partial charge on any atom is 0.229 e. The molecule has 2 aliphatic heterocycles. The van der Waals surface area contributed by atoms with Crippen molar-refractivity contribution < 1.29 is 23.2 Å². The van der Waals surface area contributed by atoms with Gasteiger partial charge < -0.3 is 15.1 Å². The van der Waals surface area contributed by atoms with Crippen LogP contribution in [0.2, 0.25) is 0 Å². The highest BCUT2D eigenvalue weighted by molar-refractivity contribution is 6.04. The number of fused-ring (bicyclic) bond motifs is 1. The van der Waals surface area contributed by atoms with E-state index < -0.39 is 23.5 Å². The number of hydrogen-bond donors (Lipinski definition) is 1. The van der Waals surface area contributed by atoms with Crippen LogP contribution in [0.4, 0.5) is 25.8 Å². The first-order chi connectivity index (χ1) is 13.8. The molecule has 1 N–H and O–H groups in total. The maximum absolute atomic E-state index is 13.8. The molecule has 2 heterocycles. The van der Waals surface area contributed by atoms with Crippen molar-refractivity contribution in [3.8, 4) is 0 Å². The van der Waals surface area contributed by atoms with Crippen LogP contribution in [0.1, 0.15) is 18.9 Å². The van der Waals surface area contributed by atoms with Gasteiger partial charge in [0, 0.05) is 43.9 Å². The number of halogens is 2. The van der Waals surface area contributed by atoms with Crippen LogP contribution in [0.15, 0.2) is 36.4 Å². The van der Waals surface area contributed by atoms with E-state index in [-0.39, 0.29) is 30.5 Å². The highest BCUT2D eigenvalue weighted by atomic mass is 19.1. The van der Waals surface area contributed by atoms with E-state index in [0.717, 1.165) is 29.4 Å². The lowest BCUT2D eigenvalue weighted by molar-refractivity contribution is -0.122. The van der Waals surface area contributed by atoms with Gasteiger partial charge in [0.2, 0.25) is 17.7 Å². The predicted molar refractivity (Wildman–Crippen MR) is 104 cm³/mol. The van der Waals surface area contributed by atoms with Gasteiger partial charge in [-0.15, -0.1) is 0 Å². The molecule has 0 aliphatic carbocycles. The Morgan fingerprint density at radius 3 is 2.69 bits per heavy atom. The van der Waals surface area contributed by atoms with Gasteiger partial charge in [0.15, 0.2) is 0 Å². The van der Waals surface area contributed by atoms with Crippen LogP contribution in [0, 0.1) is 17.6 Å². The van der Waals surface area contributed by atoms with E-state index in [9.17, 15) is 23.2 Å². The first-order valence-electron chi connectivity index (χ1n) is 9.31. The average molecular weight is 399 g/mol. The summed E-state index contributed by atoms with van der Waals surface area (Å²) in [5.74, 6) is -2.86. The van der Waals surface area contributed by atoms with Crippen molar-refractivity contribution in [3.05, 3.63) is 53.6 Å². The number of anilines is 3. The van der Waals surface area contributed by atoms with Crippen LogP contribution >= 0.6 is 0 Å². The summed E-state index contributed by atoms with van der Waals surface area (Å²) < 4.78 is 27.1. The molecule has 1 fully saturated rings. The third-order valence-corrected chi connectivity index (χ3v) is 5.33. The molecule has 0 unspecified atom stereocenters. The molecule has 2 aromatic rings. The Morgan fingerprint density at radius 2 is 1.93 bits per heavy atom. The van der Waals surface area contributed by atoms with Crippen molar-refractivity contribution in [2.75, 3.05) is 28.2 Å². The summed E-state index contributed by atoms with van der Waals surface area (Å²) >= 11 is 0. The van der Waals surface area contributed by atoms with Gasteiger partial charge in [-0.3, -0.25) is 14.4 Å². The van der Waals surface area contributed by atoms with E-state index in [1.807, 2.05) is 12.1 Å². The molecule has 29 heavy (non-hydrogen) atoms. The summed E-state index contributed by atoms with van der Waals surface area (Å²) in [6.45, 7) is 2.26. The van der Waals surface area contributed by atoms with E-state index in [2.05, 4.69) is 5.32 Å². The average Bonchev–Trinajstić information content (AvgIpc) is 3.27. The minimum atomic E-state index is -0.741. The summed E-state index contributed by atoms with van der Waals surface area (Å²) in [4.78, 5) is 39.9. The fourth-order valence-electron chi connectivity index (χ4n) is 3.84. The van der Waals surface area contributed by atoms with Crippen molar-refractivity contribution in [2.24, 2.45) is 5.92 Å². The lowest BCUT2D eigenvalue weighted by atomic mass is 10.1. The van der Waals surface area contributed by atoms with Crippen LogP contribution in [-0.2, 0) is 20.8 Å². The molecule has 2 aromatic carbocycles. The zero-order valence-electron chi connectivity index (χ0n) is 15.7. The minimum absolute atomic E-state index is 0.0145. The van der Waals surface area contributed by atoms with E-state index in [4.69, 9.17) is 0 Å². The molecule has 0 spiro atoms. The molecular weight excluding hydrogens is 380 g/mol. The van der Waals surface area contributed by atoms with Gasteiger partial charge in [0.25, 0.3) is 0 Å². The molecule has 150 valence electrons. The smallest absolute Gasteiger partial charge is 0.229 e. The second kappa shape index (κ2) is 7.27. The Kier molecular flexibility index (Phi) is 4.77. The minimum Gasteiger partial charge on any atom is -0.323 e. The van der Waals surface area contributed by atoms with Crippen molar-refractivity contribution in [1.82, 2.24) is 0 Å². The van der Waals surface area contributed by atoms with E-state index in [1.165, 1.54) is 11.8 Å². The molecule has 4 rings (SSSR count). The Morgan fingerprint density at radius 1 is 1.14 bits per heavy atom. The summed E-state index contributed by atoms with van der Waals surface area (Å²) in [6, 6.07) is 8.23. The quantitative estimate of drug-likeness (QED) is 0.863. The third-order valence-electron chi connectivity index (χ3n) is 5.33. The molecule has 1 atom stereocenters. The number of carbonyl (C=O) groups is 3. The molecule has 0 bridgehead atoms. The zero-order valence-corrected chi connectivity index (χ0v) is 15.7. The van der Waals surface area contributed by atoms with Gasteiger partial charge >= 0.3 is 0 Å². The van der Waals surface area contributed by atoms with Gasteiger partial charge in [0.1, 0.15) is 11.6 Å². The molecule has 8 heteroatoms. The summed E-state index contributed by atoms with van der Waals surface area (Å²) in [5, 5.41) is 2.37. The van der Waals surface area contributed by atoms with E-state index >= 15 is 0 Å². The number of hydrogen-bond acceptors (Lipinski definition) is 3. The van der Waals surface area contributed by atoms with Gasteiger partial charge in [-0.2, -0.15) is 0 Å². The lowest BCUT2D eigenvalue weighted by Crippen LogP contribution is -2.28. The van der Waals surface area contributed by atoms with Crippen molar-refractivity contribution in [2.45, 2.75) is 19.8 Å². The molecular formula is C21H19F2N3O3. The van der Waals surface area contributed by atoms with Gasteiger partial charge in [-0.1, -0.05) is 0 Å². The number of rotatable bonds is 3. The molecule has 1 saturated heterocycles. The topological polar surface area (TPSA) is 69.7 Å². The highest BCUT2D eigenvalue weighted by Gasteiger charge is 2.36. The number of carbonyl (C=O) groups excluding carboxylic acids is 3. The van der Waals surface area contributed by atoms with Crippen LogP contribution in [0.3, 0.4) is 0 Å². The third kappa shape index (κ3) is 3.57. The first-order valence-corrected chi connectivity index (χ1v) is 9.31. The molecule has 3 amide bonds. The van der Waals surface area contributed by atoms with Gasteiger partial charge in [-0.05, 0) is 42.3 Å². The summed E-state index contributed by atoms with van der Waals surface area (Å²) in [5.41, 5.74) is 2.22. The summed E-state index contributed by atoms with van der Waals surface area (Å²) in [6.07, 6.45) is 0.687. The van der Waals surface area contributed by atoms with Gasteiger partial charge in [0.05, 0.1) is 11.6 Å². The Balaban J connectivity index is 1.49. The number of nitrogens with one attached hydrogen (secondary N) is 1. The summed E-state index contributed by atoms with van der Waals surface area (Å²) in [7, 11) is 0. The Hall–Kier alpha value is -3.29.